The van der Waals surface area contributed by atoms with Crippen LogP contribution >= 0.6 is 46.1 Å². The Balaban J connectivity index is 2.36. The molecule has 102 valence electrons. The van der Waals surface area contributed by atoms with Gasteiger partial charge < -0.3 is 0 Å². The minimum absolute atomic E-state index is 0.0728. The van der Waals surface area contributed by atoms with Gasteiger partial charge >= 0.3 is 0 Å². The summed E-state index contributed by atoms with van der Waals surface area (Å²) in [4.78, 5) is 3.87. The van der Waals surface area contributed by atoms with E-state index in [2.05, 4.69) is 9.71 Å². The van der Waals surface area contributed by atoms with Crippen molar-refractivity contribution >= 4 is 61.9 Å². The molecule has 2 rings (SSSR count). The Kier molecular flexibility index (Phi) is 4.27. The lowest BCUT2D eigenvalue weighted by molar-refractivity contribution is 0.602. The predicted octanol–water partition coefficient (Wildman–Crippen LogP) is 4.21. The summed E-state index contributed by atoms with van der Waals surface area (Å²) in [5.74, 6) is 0. The third kappa shape index (κ3) is 3.32. The molecule has 0 amide bonds. The molecule has 2 aromatic rings. The van der Waals surface area contributed by atoms with Gasteiger partial charge in [-0.15, -0.1) is 0 Å². The van der Waals surface area contributed by atoms with Crippen LogP contribution in [0.3, 0.4) is 0 Å². The number of anilines is 1. The number of sulfonamides is 1. The molecule has 0 saturated carbocycles. The number of aryl methyl sites for hydroxylation is 1. The number of hydrogen-bond acceptors (Lipinski definition) is 4. The number of rotatable bonds is 3. The Morgan fingerprint density at radius 2 is 1.89 bits per heavy atom. The zero-order valence-corrected chi connectivity index (χ0v) is 13.3. The van der Waals surface area contributed by atoms with Gasteiger partial charge in [0.05, 0.1) is 21.4 Å². The van der Waals surface area contributed by atoms with Crippen molar-refractivity contribution in [2.24, 2.45) is 0 Å². The summed E-state index contributed by atoms with van der Waals surface area (Å²) < 4.78 is 27.0. The second-order valence-electron chi connectivity index (χ2n) is 3.57. The number of thiazole rings is 1. The number of nitrogens with one attached hydrogen (secondary N) is 1. The van der Waals surface area contributed by atoms with E-state index in [1.807, 2.05) is 0 Å². The maximum absolute atomic E-state index is 12.2. The maximum atomic E-state index is 12.2. The monoisotopic (exact) mass is 356 g/mol. The average Bonchev–Trinajstić information content (AvgIpc) is 2.63. The summed E-state index contributed by atoms with van der Waals surface area (Å²) in [5, 5.41) is 0.613. The van der Waals surface area contributed by atoms with Crippen LogP contribution in [0.1, 0.15) is 5.69 Å². The minimum atomic E-state index is -3.73. The molecular weight excluding hydrogens is 351 g/mol. The number of aromatic nitrogens is 1. The van der Waals surface area contributed by atoms with Crippen LogP contribution in [0.15, 0.2) is 22.4 Å². The van der Waals surface area contributed by atoms with Gasteiger partial charge in [-0.2, -0.15) is 0 Å². The Hall–Kier alpha value is -0.530. The summed E-state index contributed by atoms with van der Waals surface area (Å²) in [7, 11) is -3.73. The molecule has 1 aromatic heterocycles. The van der Waals surface area contributed by atoms with Crippen LogP contribution in [0.5, 0.6) is 0 Å². The van der Waals surface area contributed by atoms with E-state index in [-0.39, 0.29) is 13.7 Å². The summed E-state index contributed by atoms with van der Waals surface area (Å²) in [6, 6.07) is 4.46. The highest BCUT2D eigenvalue weighted by Crippen LogP contribution is 2.30. The lowest BCUT2D eigenvalue weighted by Gasteiger charge is -2.07. The molecule has 0 spiro atoms. The normalized spacial score (nSPS) is 11.6. The zero-order valence-electron chi connectivity index (χ0n) is 9.45. The van der Waals surface area contributed by atoms with Crippen LogP contribution in [0.4, 0.5) is 5.69 Å². The predicted molar refractivity (Wildman–Crippen MR) is 79.1 cm³/mol. The first kappa shape index (κ1) is 14.9. The lowest BCUT2D eigenvalue weighted by atomic mass is 10.3. The first-order valence-electron chi connectivity index (χ1n) is 4.90. The maximum Gasteiger partial charge on any atom is 0.273 e. The van der Waals surface area contributed by atoms with Crippen LogP contribution in [0, 0.1) is 6.92 Å². The Labute approximate surface area is 129 Å². The summed E-state index contributed by atoms with van der Waals surface area (Å²) in [5.41, 5.74) is 0.667. The van der Waals surface area contributed by atoms with E-state index in [1.54, 1.807) is 6.92 Å². The second kappa shape index (κ2) is 5.46. The first-order chi connectivity index (χ1) is 8.79. The first-order valence-corrected chi connectivity index (χ1v) is 8.34. The molecule has 0 aliphatic carbocycles. The van der Waals surface area contributed by atoms with E-state index in [4.69, 9.17) is 34.8 Å². The third-order valence-electron chi connectivity index (χ3n) is 2.14. The fourth-order valence-electron chi connectivity index (χ4n) is 1.36. The molecule has 4 nitrogen and oxygen atoms in total. The van der Waals surface area contributed by atoms with Gasteiger partial charge in [0.2, 0.25) is 0 Å². The smallest absolute Gasteiger partial charge is 0.273 e. The van der Waals surface area contributed by atoms with E-state index in [9.17, 15) is 8.42 Å². The van der Waals surface area contributed by atoms with Gasteiger partial charge in [0.25, 0.3) is 10.0 Å². The van der Waals surface area contributed by atoms with Gasteiger partial charge in [-0.25, -0.2) is 13.4 Å². The molecule has 0 saturated heterocycles. The van der Waals surface area contributed by atoms with Crippen molar-refractivity contribution in [2.45, 2.75) is 11.1 Å². The van der Waals surface area contributed by atoms with Crippen LogP contribution < -0.4 is 4.72 Å². The van der Waals surface area contributed by atoms with Crippen molar-refractivity contribution in [3.8, 4) is 0 Å². The van der Waals surface area contributed by atoms with Crippen molar-refractivity contribution in [2.75, 3.05) is 4.72 Å². The SMILES string of the molecule is Cc1nc(Cl)sc1S(=O)(=O)Nc1ccc(Cl)c(Cl)c1. The van der Waals surface area contributed by atoms with E-state index >= 15 is 0 Å². The fourth-order valence-corrected chi connectivity index (χ4v) is 4.45. The molecule has 0 aliphatic rings. The summed E-state index contributed by atoms with van der Waals surface area (Å²) in [6.45, 7) is 1.58. The van der Waals surface area contributed by atoms with E-state index < -0.39 is 10.0 Å². The molecule has 1 heterocycles. The molecule has 1 aromatic carbocycles. The molecule has 0 atom stereocenters. The van der Waals surface area contributed by atoms with Crippen molar-refractivity contribution in [3.63, 3.8) is 0 Å². The Bertz CT molecular complexity index is 728. The molecule has 0 fully saturated rings. The van der Waals surface area contributed by atoms with Crippen LogP contribution in [0.25, 0.3) is 0 Å². The quantitative estimate of drug-likeness (QED) is 0.895. The van der Waals surface area contributed by atoms with Crippen molar-refractivity contribution in [3.05, 3.63) is 38.4 Å². The molecule has 0 aliphatic heterocycles. The fraction of sp³-hybridized carbons (Fsp3) is 0.100. The van der Waals surface area contributed by atoms with E-state index in [0.717, 1.165) is 11.3 Å². The summed E-state index contributed by atoms with van der Waals surface area (Å²) in [6.07, 6.45) is 0. The van der Waals surface area contributed by atoms with Gasteiger partial charge in [0.1, 0.15) is 0 Å². The molecule has 19 heavy (non-hydrogen) atoms. The average molecular weight is 358 g/mol. The van der Waals surface area contributed by atoms with Gasteiger partial charge in [-0.3, -0.25) is 4.72 Å². The van der Waals surface area contributed by atoms with Crippen molar-refractivity contribution in [1.82, 2.24) is 4.98 Å². The van der Waals surface area contributed by atoms with Crippen molar-refractivity contribution in [1.29, 1.82) is 0 Å². The van der Waals surface area contributed by atoms with Crippen LogP contribution in [0.2, 0.25) is 14.5 Å². The number of benzene rings is 1. The Morgan fingerprint density at radius 3 is 2.42 bits per heavy atom. The van der Waals surface area contributed by atoms with Crippen LogP contribution in [-0.4, -0.2) is 13.4 Å². The standard InChI is InChI=1S/C10H7Cl3N2O2S2/c1-5-9(18-10(13)14-5)19(16,17)15-6-2-3-7(11)8(12)4-6/h2-4,15H,1H3. The molecule has 9 heteroatoms. The topological polar surface area (TPSA) is 59.1 Å². The highest BCUT2D eigenvalue weighted by molar-refractivity contribution is 7.94. The largest absolute Gasteiger partial charge is 0.279 e. The summed E-state index contributed by atoms with van der Waals surface area (Å²) >= 11 is 18.2. The highest BCUT2D eigenvalue weighted by atomic mass is 35.5. The Morgan fingerprint density at radius 1 is 1.21 bits per heavy atom. The lowest BCUT2D eigenvalue weighted by Crippen LogP contribution is -2.12. The minimum Gasteiger partial charge on any atom is -0.279 e. The molecule has 0 bridgehead atoms. The van der Waals surface area contributed by atoms with Gasteiger partial charge in [-0.1, -0.05) is 46.1 Å². The van der Waals surface area contributed by atoms with Crippen LogP contribution in [-0.2, 0) is 10.0 Å². The number of hydrogen-bond donors (Lipinski definition) is 1. The number of nitrogens with zero attached hydrogens (tertiary/aromatic N) is 1. The molecular formula is C10H7Cl3N2O2S2. The second-order valence-corrected chi connectivity index (χ2v) is 7.85. The molecule has 0 unspecified atom stereocenters. The van der Waals surface area contributed by atoms with Gasteiger partial charge in [0.15, 0.2) is 8.68 Å². The van der Waals surface area contributed by atoms with E-state index in [0.29, 0.717) is 16.4 Å². The number of halogens is 3. The van der Waals surface area contributed by atoms with Gasteiger partial charge in [0, 0.05) is 0 Å². The zero-order chi connectivity index (χ0) is 14.2. The molecule has 0 radical (unpaired) electrons. The van der Waals surface area contributed by atoms with Gasteiger partial charge in [-0.05, 0) is 25.1 Å². The van der Waals surface area contributed by atoms with Crippen molar-refractivity contribution < 1.29 is 8.42 Å². The highest BCUT2D eigenvalue weighted by Gasteiger charge is 2.21. The van der Waals surface area contributed by atoms with E-state index in [1.165, 1.54) is 18.2 Å². The molecule has 1 N–H and O–H groups in total. The third-order valence-corrected chi connectivity index (χ3v) is 6.14.